The van der Waals surface area contributed by atoms with E-state index in [1.165, 1.54) is 44.7 Å². The molecule has 4 heterocycles. The van der Waals surface area contributed by atoms with Gasteiger partial charge in [0.05, 0.1) is 0 Å². The first-order chi connectivity index (χ1) is 20.6. The summed E-state index contributed by atoms with van der Waals surface area (Å²) in [6.45, 7) is 2.24. The van der Waals surface area contributed by atoms with Gasteiger partial charge in [-0.1, -0.05) is 48.5 Å². The van der Waals surface area contributed by atoms with E-state index in [0.717, 1.165) is 22.5 Å². The molecule has 2 aliphatic rings. The fourth-order valence-corrected chi connectivity index (χ4v) is 6.07. The van der Waals surface area contributed by atoms with E-state index in [0.29, 0.717) is 0 Å². The number of rotatable bonds is 2. The van der Waals surface area contributed by atoms with Gasteiger partial charge in [0.15, 0.2) is 0 Å². The maximum absolute atomic E-state index is 4.55. The molecule has 211 valence electrons. The molecule has 8 rings (SSSR count). The summed E-state index contributed by atoms with van der Waals surface area (Å²) in [5.74, 6) is 0. The number of pyridine rings is 2. The van der Waals surface area contributed by atoms with Gasteiger partial charge < -0.3 is 19.8 Å². The molecule has 0 aliphatic carbocycles. The largest absolute Gasteiger partial charge is 0.385 e. The molecule has 0 unspecified atom stereocenters. The fourth-order valence-electron chi connectivity index (χ4n) is 6.07. The molecule has 0 atom stereocenters. The van der Waals surface area contributed by atoms with Gasteiger partial charge in [-0.15, -0.1) is 65.1 Å². The number of benzene rings is 4. The Morgan fingerprint density at radius 3 is 2.07 bits per heavy atom. The molecule has 43 heavy (non-hydrogen) atoms. The first-order valence-corrected chi connectivity index (χ1v) is 14.2. The van der Waals surface area contributed by atoms with E-state index in [9.17, 15) is 0 Å². The normalized spacial score (nSPS) is 12.2. The van der Waals surface area contributed by atoms with Gasteiger partial charge in [0, 0.05) is 63.7 Å². The minimum absolute atomic E-state index is 0. The number of fused-ring (bicyclic) bond motifs is 4. The van der Waals surface area contributed by atoms with Crippen LogP contribution >= 0.6 is 0 Å². The Balaban J connectivity index is 0.000000199. The molecule has 0 spiro atoms. The van der Waals surface area contributed by atoms with Crippen molar-refractivity contribution in [2.45, 2.75) is 6.92 Å². The second-order valence-corrected chi connectivity index (χ2v) is 10.7. The Morgan fingerprint density at radius 2 is 1.35 bits per heavy atom. The predicted molar refractivity (Wildman–Crippen MR) is 175 cm³/mol. The quantitative estimate of drug-likeness (QED) is 0.160. The van der Waals surface area contributed by atoms with Crippen LogP contribution in [0, 0.1) is 19.1 Å². The van der Waals surface area contributed by atoms with E-state index < -0.39 is 0 Å². The monoisotopic (exact) mass is 733 g/mol. The molecule has 4 nitrogen and oxygen atoms in total. The molecule has 0 fully saturated rings. The number of para-hydroxylation sites is 1. The second-order valence-electron chi connectivity index (χ2n) is 10.7. The number of nitrogens with zero attached hydrogens (tertiary/aromatic N) is 4. The van der Waals surface area contributed by atoms with Gasteiger partial charge in [-0.25, -0.2) is 0 Å². The first kappa shape index (κ1) is 28.6. The van der Waals surface area contributed by atoms with Crippen LogP contribution in [0.5, 0.6) is 0 Å². The van der Waals surface area contributed by atoms with Gasteiger partial charge >= 0.3 is 0 Å². The maximum Gasteiger partial charge on any atom is 0.233 e. The van der Waals surface area contributed by atoms with Gasteiger partial charge in [0.25, 0.3) is 0 Å². The number of aryl methyl sites for hydroxylation is 1. The summed E-state index contributed by atoms with van der Waals surface area (Å²) in [5.41, 5.74) is 14.2. The van der Waals surface area contributed by atoms with Crippen LogP contribution in [-0.2, 0) is 20.1 Å². The molecule has 0 amide bonds. The summed E-state index contributed by atoms with van der Waals surface area (Å²) in [6.07, 6.45) is 3.71. The van der Waals surface area contributed by atoms with E-state index in [1.54, 1.807) is 0 Å². The molecule has 0 bridgehead atoms. The third-order valence-corrected chi connectivity index (χ3v) is 8.15. The van der Waals surface area contributed by atoms with Crippen molar-refractivity contribution in [1.29, 1.82) is 0 Å². The molecule has 4 aromatic carbocycles. The van der Waals surface area contributed by atoms with Gasteiger partial charge in [0.2, 0.25) is 6.71 Å². The molecule has 6 heteroatoms. The molecule has 2 aliphatic heterocycles. The van der Waals surface area contributed by atoms with Crippen LogP contribution in [0.1, 0.15) is 5.56 Å². The minimum atomic E-state index is 0. The fraction of sp³-hybridized carbons (Fsp3) is 0.0811. The Kier molecular flexibility index (Phi) is 7.99. The van der Waals surface area contributed by atoms with Gasteiger partial charge in [0.1, 0.15) is 0 Å². The SMILES string of the molecule is CN1c2c[c-]c(-c3ccccn3)cc2B2c3ccccc3N(C)c3cccc1c32.Cc1ccc(-c2[c-]cccc2)nc1.[Ir]. The third-order valence-electron chi connectivity index (χ3n) is 8.15. The van der Waals surface area contributed by atoms with Crippen LogP contribution in [0.3, 0.4) is 0 Å². The Hall–Kier alpha value is -4.51. The van der Waals surface area contributed by atoms with Gasteiger partial charge in [-0.2, -0.15) is 0 Å². The predicted octanol–water partition coefficient (Wildman–Crippen LogP) is 6.08. The molecule has 0 saturated heterocycles. The van der Waals surface area contributed by atoms with Crippen molar-refractivity contribution in [3.8, 4) is 22.5 Å². The average molecular weight is 733 g/mol. The third kappa shape index (κ3) is 5.18. The van der Waals surface area contributed by atoms with E-state index >= 15 is 0 Å². The van der Waals surface area contributed by atoms with Crippen molar-refractivity contribution in [2.24, 2.45) is 0 Å². The molecule has 0 saturated carbocycles. The van der Waals surface area contributed by atoms with E-state index in [4.69, 9.17) is 0 Å². The number of hydrogen-bond acceptors (Lipinski definition) is 4. The molecule has 2 aromatic heterocycles. The van der Waals surface area contributed by atoms with Gasteiger partial charge in [-0.3, -0.25) is 0 Å². The Morgan fingerprint density at radius 1 is 0.628 bits per heavy atom. The molecule has 6 aromatic rings. The molecule has 0 N–H and O–H groups in total. The summed E-state index contributed by atoms with van der Waals surface area (Å²) < 4.78 is 0. The van der Waals surface area contributed by atoms with Crippen molar-refractivity contribution >= 4 is 45.9 Å². The average Bonchev–Trinajstić information content (AvgIpc) is 3.06. The smallest absolute Gasteiger partial charge is 0.233 e. The van der Waals surface area contributed by atoms with Crippen LogP contribution in [0.15, 0.2) is 122 Å². The van der Waals surface area contributed by atoms with Gasteiger partial charge in [-0.05, 0) is 64.8 Å². The van der Waals surface area contributed by atoms with Crippen LogP contribution in [0.25, 0.3) is 22.5 Å². The Labute approximate surface area is 267 Å². The second kappa shape index (κ2) is 12.0. The summed E-state index contributed by atoms with van der Waals surface area (Å²) in [5, 5.41) is 0. The van der Waals surface area contributed by atoms with Crippen LogP contribution in [0.4, 0.5) is 22.7 Å². The van der Waals surface area contributed by atoms with Crippen molar-refractivity contribution in [2.75, 3.05) is 23.9 Å². The van der Waals surface area contributed by atoms with E-state index in [-0.39, 0.29) is 26.8 Å². The van der Waals surface area contributed by atoms with Crippen molar-refractivity contribution < 1.29 is 20.1 Å². The van der Waals surface area contributed by atoms with Crippen LogP contribution < -0.4 is 26.2 Å². The molecular weight excluding hydrogens is 703 g/mol. The van der Waals surface area contributed by atoms with Crippen LogP contribution in [-0.4, -0.2) is 30.8 Å². The molecular formula is C37H29BIrN4-2. The first-order valence-electron chi connectivity index (χ1n) is 14.2. The number of hydrogen-bond donors (Lipinski definition) is 0. The minimum Gasteiger partial charge on any atom is -0.385 e. The zero-order valence-corrected chi connectivity index (χ0v) is 26.6. The summed E-state index contributed by atoms with van der Waals surface area (Å²) in [7, 11) is 4.32. The summed E-state index contributed by atoms with van der Waals surface area (Å²) >= 11 is 0. The zero-order valence-electron chi connectivity index (χ0n) is 24.2. The summed E-state index contributed by atoms with van der Waals surface area (Å²) in [6, 6.07) is 44.3. The maximum atomic E-state index is 4.55. The topological polar surface area (TPSA) is 32.3 Å². The van der Waals surface area contributed by atoms with E-state index in [2.05, 4.69) is 107 Å². The summed E-state index contributed by atoms with van der Waals surface area (Å²) in [4.78, 5) is 13.5. The van der Waals surface area contributed by atoms with E-state index in [1.807, 2.05) is 67.8 Å². The zero-order chi connectivity index (χ0) is 28.6. The molecule has 1 radical (unpaired) electrons. The van der Waals surface area contributed by atoms with Crippen LogP contribution in [0.2, 0.25) is 0 Å². The number of anilines is 4. The van der Waals surface area contributed by atoms with Crippen molar-refractivity contribution in [3.63, 3.8) is 0 Å². The Bertz CT molecular complexity index is 1860. The van der Waals surface area contributed by atoms with Crippen molar-refractivity contribution in [1.82, 2.24) is 9.97 Å². The van der Waals surface area contributed by atoms with Crippen molar-refractivity contribution in [3.05, 3.63) is 139 Å². The number of aromatic nitrogens is 2. The standard InChI is InChI=1S/C25H19BN3.C12H10N.Ir/c1-28-21-10-4-3-8-18(21)26-19-16-17(20-9-5-6-15-27-20)13-14-22(19)29(2)24-12-7-11-23(28)25(24)26;1-10-7-8-12(13-9-10)11-5-3-2-4-6-11;/h3-12,14-16H,1-2H3;2-5,7-9H,1H3;/q2*-1;.